The van der Waals surface area contributed by atoms with E-state index in [0.29, 0.717) is 12.0 Å². The zero-order valence-corrected chi connectivity index (χ0v) is 7.83. The summed E-state index contributed by atoms with van der Waals surface area (Å²) in [6, 6.07) is 0.417. The van der Waals surface area contributed by atoms with Crippen molar-refractivity contribution in [1.29, 1.82) is 0 Å². The van der Waals surface area contributed by atoms with Crippen molar-refractivity contribution in [3.63, 3.8) is 0 Å². The number of hydrogen-bond donors (Lipinski definition) is 1. The van der Waals surface area contributed by atoms with Gasteiger partial charge >= 0.3 is 0 Å². The molecule has 1 aliphatic carbocycles. The molecule has 2 aliphatic rings. The molecule has 70 valence electrons. The summed E-state index contributed by atoms with van der Waals surface area (Å²) in [5.41, 5.74) is 6.16. The normalized spacial score (nSPS) is 44.0. The summed E-state index contributed by atoms with van der Waals surface area (Å²) in [4.78, 5) is 0. The van der Waals surface area contributed by atoms with Crippen LogP contribution in [-0.4, -0.2) is 19.3 Å². The van der Waals surface area contributed by atoms with E-state index in [9.17, 15) is 0 Å². The van der Waals surface area contributed by atoms with Crippen LogP contribution in [0, 0.1) is 17.8 Å². The van der Waals surface area contributed by atoms with Crippen molar-refractivity contribution in [3.05, 3.63) is 0 Å². The molecule has 2 N–H and O–H groups in total. The molecule has 0 aromatic rings. The van der Waals surface area contributed by atoms with E-state index >= 15 is 0 Å². The average molecular weight is 169 g/mol. The van der Waals surface area contributed by atoms with Gasteiger partial charge in [-0.05, 0) is 37.0 Å². The number of rotatable bonds is 2. The van der Waals surface area contributed by atoms with Gasteiger partial charge in [0, 0.05) is 12.6 Å². The van der Waals surface area contributed by atoms with Gasteiger partial charge in [0.05, 0.1) is 6.61 Å². The van der Waals surface area contributed by atoms with Crippen molar-refractivity contribution in [2.45, 2.75) is 32.2 Å². The van der Waals surface area contributed by atoms with Crippen molar-refractivity contribution in [2.24, 2.45) is 23.5 Å². The molecule has 2 nitrogen and oxygen atoms in total. The number of nitrogens with two attached hydrogens (primary N) is 1. The molecular weight excluding hydrogens is 150 g/mol. The van der Waals surface area contributed by atoms with Crippen molar-refractivity contribution in [2.75, 3.05) is 13.2 Å². The predicted octanol–water partition coefficient (Wildman–Crippen LogP) is 1.40. The fraction of sp³-hybridized carbons (Fsp3) is 1.00. The molecule has 1 heterocycles. The van der Waals surface area contributed by atoms with Crippen LogP contribution in [0.1, 0.15) is 26.2 Å². The fourth-order valence-electron chi connectivity index (χ4n) is 2.31. The Kier molecular flexibility index (Phi) is 2.37. The quantitative estimate of drug-likeness (QED) is 0.678. The SMILES string of the molecule is CC1CC1C(N)C1CCCOC1. The van der Waals surface area contributed by atoms with Gasteiger partial charge in [-0.15, -0.1) is 0 Å². The van der Waals surface area contributed by atoms with Gasteiger partial charge in [-0.3, -0.25) is 0 Å². The minimum atomic E-state index is 0.417. The second-order valence-corrected chi connectivity index (χ2v) is 4.43. The monoisotopic (exact) mass is 169 g/mol. The topological polar surface area (TPSA) is 35.2 Å². The lowest BCUT2D eigenvalue weighted by atomic mass is 9.91. The maximum atomic E-state index is 6.16. The highest BCUT2D eigenvalue weighted by Gasteiger charge is 2.41. The molecule has 4 unspecified atom stereocenters. The second kappa shape index (κ2) is 3.35. The van der Waals surface area contributed by atoms with Crippen molar-refractivity contribution in [1.82, 2.24) is 0 Å². The standard InChI is InChI=1S/C10H19NO/c1-7-5-9(7)10(11)8-3-2-4-12-6-8/h7-10H,2-6,11H2,1H3. The number of ether oxygens (including phenoxy) is 1. The van der Waals surface area contributed by atoms with E-state index in [1.165, 1.54) is 19.3 Å². The Labute approximate surface area is 74.5 Å². The van der Waals surface area contributed by atoms with Crippen LogP contribution < -0.4 is 5.73 Å². The first kappa shape index (κ1) is 8.52. The van der Waals surface area contributed by atoms with Crippen molar-refractivity contribution in [3.8, 4) is 0 Å². The molecule has 0 radical (unpaired) electrons. The van der Waals surface area contributed by atoms with E-state index in [-0.39, 0.29) is 0 Å². The number of hydrogen-bond acceptors (Lipinski definition) is 2. The zero-order valence-electron chi connectivity index (χ0n) is 7.83. The largest absolute Gasteiger partial charge is 0.381 e. The highest BCUT2D eigenvalue weighted by molar-refractivity contribution is 4.94. The summed E-state index contributed by atoms with van der Waals surface area (Å²) in [5, 5.41) is 0. The van der Waals surface area contributed by atoms with E-state index in [1.54, 1.807) is 0 Å². The van der Waals surface area contributed by atoms with Crippen LogP contribution in [0.2, 0.25) is 0 Å². The molecule has 2 heteroatoms. The summed E-state index contributed by atoms with van der Waals surface area (Å²) in [6.45, 7) is 4.15. The molecule has 2 fully saturated rings. The Hall–Kier alpha value is -0.0800. The highest BCUT2D eigenvalue weighted by atomic mass is 16.5. The smallest absolute Gasteiger partial charge is 0.0509 e. The van der Waals surface area contributed by atoms with Crippen LogP contribution in [0.3, 0.4) is 0 Å². The van der Waals surface area contributed by atoms with Gasteiger partial charge in [0.2, 0.25) is 0 Å². The molecule has 0 spiro atoms. The zero-order chi connectivity index (χ0) is 8.55. The molecule has 0 aromatic heterocycles. The summed E-state index contributed by atoms with van der Waals surface area (Å²) in [7, 11) is 0. The third-order valence-electron chi connectivity index (χ3n) is 3.41. The van der Waals surface area contributed by atoms with Crippen LogP contribution >= 0.6 is 0 Å². The molecule has 2 rings (SSSR count). The Morgan fingerprint density at radius 1 is 1.50 bits per heavy atom. The van der Waals surface area contributed by atoms with E-state index < -0.39 is 0 Å². The van der Waals surface area contributed by atoms with E-state index in [1.807, 2.05) is 0 Å². The summed E-state index contributed by atoms with van der Waals surface area (Å²) in [5.74, 6) is 2.33. The first-order valence-electron chi connectivity index (χ1n) is 5.12. The first-order chi connectivity index (χ1) is 5.79. The lowest BCUT2D eigenvalue weighted by Crippen LogP contribution is -2.37. The van der Waals surface area contributed by atoms with Crippen LogP contribution in [0.15, 0.2) is 0 Å². The van der Waals surface area contributed by atoms with Crippen LogP contribution in [-0.2, 0) is 4.74 Å². The Morgan fingerprint density at radius 3 is 2.75 bits per heavy atom. The molecule has 1 saturated heterocycles. The summed E-state index contributed by atoms with van der Waals surface area (Å²) >= 11 is 0. The molecule has 12 heavy (non-hydrogen) atoms. The predicted molar refractivity (Wildman–Crippen MR) is 48.8 cm³/mol. The maximum Gasteiger partial charge on any atom is 0.0509 e. The summed E-state index contributed by atoms with van der Waals surface area (Å²) < 4.78 is 5.44. The maximum absolute atomic E-state index is 6.16. The molecular formula is C10H19NO. The van der Waals surface area contributed by atoms with Crippen LogP contribution in [0.25, 0.3) is 0 Å². The Bertz CT molecular complexity index is 154. The van der Waals surface area contributed by atoms with Gasteiger partial charge in [-0.25, -0.2) is 0 Å². The first-order valence-corrected chi connectivity index (χ1v) is 5.12. The molecule has 1 aliphatic heterocycles. The summed E-state index contributed by atoms with van der Waals surface area (Å²) in [6.07, 6.45) is 3.83. The van der Waals surface area contributed by atoms with Gasteiger partial charge in [-0.1, -0.05) is 6.92 Å². The van der Waals surface area contributed by atoms with E-state index in [2.05, 4.69) is 6.92 Å². The highest BCUT2D eigenvalue weighted by Crippen LogP contribution is 2.42. The van der Waals surface area contributed by atoms with Gasteiger partial charge in [0.25, 0.3) is 0 Å². The minimum Gasteiger partial charge on any atom is -0.381 e. The van der Waals surface area contributed by atoms with Gasteiger partial charge < -0.3 is 10.5 Å². The third-order valence-corrected chi connectivity index (χ3v) is 3.41. The second-order valence-electron chi connectivity index (χ2n) is 4.43. The van der Waals surface area contributed by atoms with Crippen molar-refractivity contribution < 1.29 is 4.74 Å². The minimum absolute atomic E-state index is 0.417. The van der Waals surface area contributed by atoms with Crippen LogP contribution in [0.4, 0.5) is 0 Å². The van der Waals surface area contributed by atoms with Crippen molar-refractivity contribution >= 4 is 0 Å². The lowest BCUT2D eigenvalue weighted by molar-refractivity contribution is 0.0414. The molecule has 0 bridgehead atoms. The third kappa shape index (κ3) is 1.64. The lowest BCUT2D eigenvalue weighted by Gasteiger charge is -2.27. The van der Waals surface area contributed by atoms with Gasteiger partial charge in [0.15, 0.2) is 0 Å². The van der Waals surface area contributed by atoms with E-state index in [4.69, 9.17) is 10.5 Å². The molecule has 1 saturated carbocycles. The van der Waals surface area contributed by atoms with Crippen LogP contribution in [0.5, 0.6) is 0 Å². The molecule has 4 atom stereocenters. The average Bonchev–Trinajstić information content (AvgIpc) is 2.83. The van der Waals surface area contributed by atoms with E-state index in [0.717, 1.165) is 25.0 Å². The Morgan fingerprint density at radius 2 is 2.25 bits per heavy atom. The Balaban J connectivity index is 1.82. The van der Waals surface area contributed by atoms with Gasteiger partial charge in [-0.2, -0.15) is 0 Å². The van der Waals surface area contributed by atoms with Gasteiger partial charge in [0.1, 0.15) is 0 Å². The molecule has 0 amide bonds. The molecule has 0 aromatic carbocycles. The fourth-order valence-corrected chi connectivity index (χ4v) is 2.31.